The second-order valence-corrected chi connectivity index (χ2v) is 6.81. The summed E-state index contributed by atoms with van der Waals surface area (Å²) < 4.78 is 21.6. The number of nitrogens with one attached hydrogen (secondary N) is 1. The lowest BCUT2D eigenvalue weighted by Crippen LogP contribution is -2.21. The molecule has 0 unspecified atom stereocenters. The monoisotopic (exact) mass is 425 g/mol. The van der Waals surface area contributed by atoms with Crippen molar-refractivity contribution in [1.29, 1.82) is 0 Å². The van der Waals surface area contributed by atoms with Crippen LogP contribution in [0, 0.1) is 10.1 Å². The van der Waals surface area contributed by atoms with Gasteiger partial charge in [0.1, 0.15) is 0 Å². The summed E-state index contributed by atoms with van der Waals surface area (Å²) in [4.78, 5) is 23.0. The molecule has 10 nitrogen and oxygen atoms in total. The number of hydrogen-bond donors (Lipinski definition) is 1. The van der Waals surface area contributed by atoms with Gasteiger partial charge in [-0.05, 0) is 17.7 Å². The number of H-pyrrole nitrogens is 1. The first-order valence-electron chi connectivity index (χ1n) is 9.30. The lowest BCUT2D eigenvalue weighted by atomic mass is 9.85. The van der Waals surface area contributed by atoms with Gasteiger partial charge in [-0.25, -0.2) is 0 Å². The highest BCUT2D eigenvalue weighted by atomic mass is 16.6. The Hall–Kier alpha value is -4.08. The second-order valence-electron chi connectivity index (χ2n) is 6.81. The normalized spacial score (nSPS) is 15.1. The van der Waals surface area contributed by atoms with Crippen LogP contribution in [0.4, 0.5) is 5.69 Å². The fraction of sp³-hybridized carbons (Fsp3) is 0.238. The molecule has 0 aliphatic carbocycles. The van der Waals surface area contributed by atoms with Crippen molar-refractivity contribution in [1.82, 2.24) is 10.2 Å². The molecule has 0 spiro atoms. The van der Waals surface area contributed by atoms with E-state index in [1.807, 2.05) is 0 Å². The Morgan fingerprint density at radius 2 is 1.84 bits per heavy atom. The van der Waals surface area contributed by atoms with E-state index >= 15 is 0 Å². The maximum atomic E-state index is 12.3. The van der Waals surface area contributed by atoms with Gasteiger partial charge in [0, 0.05) is 23.6 Å². The molecule has 1 aliphatic rings. The fourth-order valence-corrected chi connectivity index (χ4v) is 3.74. The first-order chi connectivity index (χ1) is 15.0. The van der Waals surface area contributed by atoms with Crippen molar-refractivity contribution >= 4 is 11.7 Å². The van der Waals surface area contributed by atoms with Crippen molar-refractivity contribution in [3.8, 4) is 34.4 Å². The molecule has 0 saturated heterocycles. The van der Waals surface area contributed by atoms with Crippen molar-refractivity contribution < 1.29 is 28.7 Å². The number of esters is 1. The third-order valence-corrected chi connectivity index (χ3v) is 5.13. The zero-order valence-corrected chi connectivity index (χ0v) is 17.0. The summed E-state index contributed by atoms with van der Waals surface area (Å²) in [6.07, 6.45) is 0.0487. The smallest absolute Gasteiger partial charge is 0.313 e. The number of methoxy groups -OCH3 is 3. The van der Waals surface area contributed by atoms with Crippen molar-refractivity contribution in [2.75, 3.05) is 21.3 Å². The molecule has 10 heteroatoms. The zero-order chi connectivity index (χ0) is 22.1. The lowest BCUT2D eigenvalue weighted by molar-refractivity contribution is -0.384. The highest BCUT2D eigenvalue weighted by Gasteiger charge is 2.35. The van der Waals surface area contributed by atoms with Crippen molar-refractivity contribution in [2.45, 2.75) is 12.3 Å². The number of benzene rings is 2. The summed E-state index contributed by atoms with van der Waals surface area (Å²) in [6.45, 7) is 0. The van der Waals surface area contributed by atoms with Crippen LogP contribution in [0.2, 0.25) is 0 Å². The quantitative estimate of drug-likeness (QED) is 0.362. The summed E-state index contributed by atoms with van der Waals surface area (Å²) in [7, 11) is 4.52. The van der Waals surface area contributed by atoms with Crippen molar-refractivity contribution in [2.24, 2.45) is 0 Å². The van der Waals surface area contributed by atoms with Gasteiger partial charge >= 0.3 is 5.97 Å². The first-order valence-corrected chi connectivity index (χ1v) is 9.30. The third kappa shape index (κ3) is 3.52. The number of aromatic nitrogens is 2. The third-order valence-electron chi connectivity index (χ3n) is 5.13. The number of ether oxygens (including phenoxy) is 4. The number of carbonyl (C=O) groups excluding carboxylic acids is 1. The minimum Gasteiger partial charge on any atom is -0.493 e. The fourth-order valence-electron chi connectivity index (χ4n) is 3.74. The Morgan fingerprint density at radius 1 is 1.13 bits per heavy atom. The van der Waals surface area contributed by atoms with Crippen LogP contribution in [0.1, 0.15) is 23.5 Å². The average Bonchev–Trinajstić information content (AvgIpc) is 3.21. The second kappa shape index (κ2) is 7.98. The van der Waals surface area contributed by atoms with Gasteiger partial charge in [-0.15, -0.1) is 5.10 Å². The molecule has 3 aromatic rings. The van der Waals surface area contributed by atoms with E-state index < -0.39 is 16.8 Å². The minimum atomic E-state index is -0.469. The largest absolute Gasteiger partial charge is 0.493 e. The van der Waals surface area contributed by atoms with Crippen LogP contribution in [0.5, 0.6) is 23.1 Å². The Labute approximate surface area is 176 Å². The molecule has 1 aromatic heterocycles. The lowest BCUT2D eigenvalue weighted by Gasteiger charge is -2.24. The zero-order valence-electron chi connectivity index (χ0n) is 17.0. The molecule has 1 aliphatic heterocycles. The Morgan fingerprint density at radius 3 is 2.45 bits per heavy atom. The molecule has 2 aromatic carbocycles. The summed E-state index contributed by atoms with van der Waals surface area (Å²) >= 11 is 0. The van der Waals surface area contributed by atoms with Crippen LogP contribution in [0.25, 0.3) is 11.3 Å². The van der Waals surface area contributed by atoms with Crippen LogP contribution in [0.15, 0.2) is 36.4 Å². The molecule has 160 valence electrons. The number of fused-ring (bicyclic) bond motifs is 1. The van der Waals surface area contributed by atoms with E-state index in [9.17, 15) is 14.9 Å². The molecule has 31 heavy (non-hydrogen) atoms. The number of carbonyl (C=O) groups is 1. The summed E-state index contributed by atoms with van der Waals surface area (Å²) in [6, 6.07) is 9.68. The molecule has 4 rings (SSSR count). The number of nitrogens with zero attached hydrogens (tertiary/aromatic N) is 2. The average molecular weight is 425 g/mol. The molecule has 0 fully saturated rings. The highest BCUT2D eigenvalue weighted by Crippen LogP contribution is 2.47. The number of non-ortho nitro benzene ring substituents is 1. The van der Waals surface area contributed by atoms with Gasteiger partial charge in [0.05, 0.1) is 43.9 Å². The van der Waals surface area contributed by atoms with Gasteiger partial charge in [-0.1, -0.05) is 12.1 Å². The minimum absolute atomic E-state index is 0.0487. The van der Waals surface area contributed by atoms with Gasteiger partial charge in [-0.2, -0.15) is 0 Å². The van der Waals surface area contributed by atoms with E-state index in [0.717, 1.165) is 5.56 Å². The maximum absolute atomic E-state index is 12.3. The van der Waals surface area contributed by atoms with E-state index in [1.165, 1.54) is 33.5 Å². The van der Waals surface area contributed by atoms with Gasteiger partial charge in [0.2, 0.25) is 11.6 Å². The number of nitro benzene ring substituents is 1. The standard InChI is InChI=1S/C21H19N3O7/c1-28-15-8-12(9-16(29-2)20(15)30-3)14-10-17(25)31-21-18(14)19(22-23-21)11-5-4-6-13(7-11)24(26)27/h4-9,14H,10H2,1-3H3,(H,22,23)/t14-/m0/s1. The van der Waals surface area contributed by atoms with Crippen LogP contribution in [0.3, 0.4) is 0 Å². The van der Waals surface area contributed by atoms with Crippen LogP contribution in [-0.4, -0.2) is 42.4 Å². The summed E-state index contributed by atoms with van der Waals surface area (Å²) in [5, 5.41) is 18.2. The van der Waals surface area contributed by atoms with E-state index in [2.05, 4.69) is 10.2 Å². The summed E-state index contributed by atoms with van der Waals surface area (Å²) in [5.74, 6) is 0.562. The van der Waals surface area contributed by atoms with E-state index in [-0.39, 0.29) is 18.0 Å². The molecular formula is C21H19N3O7. The van der Waals surface area contributed by atoms with Gasteiger partial charge < -0.3 is 18.9 Å². The SMILES string of the molecule is COc1cc([C@@H]2CC(=O)Oc3n[nH]c(-c4cccc([N+](=O)[O-])c4)c32)cc(OC)c1OC. The van der Waals surface area contributed by atoms with Crippen molar-refractivity contribution in [3.63, 3.8) is 0 Å². The van der Waals surface area contributed by atoms with E-state index in [0.29, 0.717) is 34.1 Å². The topological polar surface area (TPSA) is 126 Å². The molecule has 2 heterocycles. The highest BCUT2D eigenvalue weighted by molar-refractivity contribution is 5.81. The molecule has 0 amide bonds. The van der Waals surface area contributed by atoms with E-state index in [4.69, 9.17) is 18.9 Å². The van der Waals surface area contributed by atoms with Gasteiger partial charge in [-0.3, -0.25) is 20.0 Å². The Balaban J connectivity index is 1.89. The molecule has 0 saturated carbocycles. The van der Waals surface area contributed by atoms with Crippen LogP contribution < -0.4 is 18.9 Å². The molecule has 1 atom stereocenters. The summed E-state index contributed by atoms with van der Waals surface area (Å²) in [5.41, 5.74) is 2.37. The number of hydrogen-bond acceptors (Lipinski definition) is 8. The Bertz CT molecular complexity index is 1150. The Kier molecular flexibility index (Phi) is 5.20. The number of aromatic amines is 1. The van der Waals surface area contributed by atoms with Gasteiger partial charge in [0.15, 0.2) is 11.5 Å². The maximum Gasteiger partial charge on any atom is 0.313 e. The van der Waals surface area contributed by atoms with Crippen LogP contribution >= 0.6 is 0 Å². The number of nitro groups is 1. The van der Waals surface area contributed by atoms with E-state index in [1.54, 1.807) is 24.3 Å². The number of rotatable bonds is 6. The predicted octanol–water partition coefficient (Wildman–Crippen LogP) is 3.45. The molecule has 0 bridgehead atoms. The van der Waals surface area contributed by atoms with Gasteiger partial charge in [0.25, 0.3) is 5.69 Å². The molecule has 1 N–H and O–H groups in total. The molecular weight excluding hydrogens is 406 g/mol. The first kappa shape index (κ1) is 20.2. The predicted molar refractivity (Wildman–Crippen MR) is 109 cm³/mol. The van der Waals surface area contributed by atoms with Crippen LogP contribution in [-0.2, 0) is 4.79 Å². The van der Waals surface area contributed by atoms with Crippen molar-refractivity contribution in [3.05, 3.63) is 57.6 Å². The molecule has 0 radical (unpaired) electrons.